The third-order valence-corrected chi connectivity index (χ3v) is 4.52. The molecule has 23 heavy (non-hydrogen) atoms. The molecular weight excluding hydrogens is 306 g/mol. The Bertz CT molecular complexity index is 722. The van der Waals surface area contributed by atoms with Crippen molar-refractivity contribution >= 4 is 39.7 Å². The molecule has 1 aromatic carbocycles. The summed E-state index contributed by atoms with van der Waals surface area (Å²) < 4.78 is 0. The molecule has 2 heterocycles. The molecule has 0 bridgehead atoms. The van der Waals surface area contributed by atoms with Gasteiger partial charge in [-0.25, -0.2) is 4.98 Å². The first-order chi connectivity index (χ1) is 11.1. The average Bonchev–Trinajstić information content (AvgIpc) is 2.55. The molecule has 0 saturated carbocycles. The van der Waals surface area contributed by atoms with E-state index in [-0.39, 0.29) is 5.11 Å². The van der Waals surface area contributed by atoms with Gasteiger partial charge in [0, 0.05) is 37.3 Å². The van der Waals surface area contributed by atoms with Crippen LogP contribution in [0, 0.1) is 6.92 Å². The highest BCUT2D eigenvalue weighted by Gasteiger charge is 2.17. The van der Waals surface area contributed by atoms with Crippen molar-refractivity contribution in [3.63, 3.8) is 0 Å². The molecule has 1 aromatic heterocycles. The number of likely N-dealkylation sites (N-methyl/N-ethyl adjacent to an activating group) is 1. The Morgan fingerprint density at radius 1 is 1.26 bits per heavy atom. The highest BCUT2D eigenvalue weighted by atomic mass is 32.1. The molecular formula is C17H23N5S. The molecule has 0 spiro atoms. The van der Waals surface area contributed by atoms with E-state index in [0.29, 0.717) is 0 Å². The van der Waals surface area contributed by atoms with Crippen LogP contribution >= 0.6 is 12.2 Å². The Hall–Kier alpha value is -1.92. The van der Waals surface area contributed by atoms with Gasteiger partial charge in [0.15, 0.2) is 5.11 Å². The number of nitrogens with one attached hydrogen (secondary N) is 1. The van der Waals surface area contributed by atoms with Crippen molar-refractivity contribution in [1.29, 1.82) is 0 Å². The van der Waals surface area contributed by atoms with Crippen molar-refractivity contribution in [2.75, 3.05) is 42.9 Å². The van der Waals surface area contributed by atoms with Gasteiger partial charge >= 0.3 is 0 Å². The summed E-state index contributed by atoms with van der Waals surface area (Å²) in [7, 11) is 0. The van der Waals surface area contributed by atoms with Crippen LogP contribution in [0.25, 0.3) is 10.9 Å². The summed E-state index contributed by atoms with van der Waals surface area (Å²) in [5.74, 6) is 1.07. The van der Waals surface area contributed by atoms with Gasteiger partial charge in [-0.05, 0) is 55.5 Å². The molecule has 1 aliphatic rings. The van der Waals surface area contributed by atoms with Gasteiger partial charge in [0.2, 0.25) is 0 Å². The van der Waals surface area contributed by atoms with Gasteiger partial charge in [0.25, 0.3) is 0 Å². The first-order valence-electron chi connectivity index (χ1n) is 8.02. The van der Waals surface area contributed by atoms with Gasteiger partial charge in [-0.2, -0.15) is 0 Å². The third kappa shape index (κ3) is 3.54. The monoisotopic (exact) mass is 329 g/mol. The number of benzene rings is 1. The molecule has 0 unspecified atom stereocenters. The Balaban J connectivity index is 1.88. The largest absolute Gasteiger partial charge is 0.376 e. The maximum Gasteiger partial charge on any atom is 0.168 e. The maximum atomic E-state index is 5.54. The maximum absolute atomic E-state index is 5.54. The van der Waals surface area contributed by atoms with E-state index in [2.05, 4.69) is 41.1 Å². The topological polar surface area (TPSA) is 57.4 Å². The SMILES string of the molecule is CCN1CCN(c2cc(C)c3cc(NC(N)=S)ccc3n2)CC1. The zero-order valence-corrected chi connectivity index (χ0v) is 14.5. The average molecular weight is 329 g/mol. The second-order valence-corrected chi connectivity index (χ2v) is 6.38. The van der Waals surface area contributed by atoms with E-state index in [1.807, 2.05) is 12.1 Å². The molecule has 3 rings (SSSR count). The number of hydrogen-bond acceptors (Lipinski definition) is 4. The zero-order chi connectivity index (χ0) is 16.4. The predicted molar refractivity (Wildman–Crippen MR) is 101 cm³/mol. The van der Waals surface area contributed by atoms with Crippen LogP contribution in [0.1, 0.15) is 12.5 Å². The number of nitrogens with zero attached hydrogens (tertiary/aromatic N) is 3. The highest BCUT2D eigenvalue weighted by Crippen LogP contribution is 2.25. The fourth-order valence-corrected chi connectivity index (χ4v) is 3.17. The van der Waals surface area contributed by atoms with Crippen LogP contribution in [0.5, 0.6) is 0 Å². The number of hydrogen-bond donors (Lipinski definition) is 2. The Kier molecular flexibility index (Phi) is 4.63. The molecule has 2 aromatic rings. The number of pyridine rings is 1. The number of thiocarbonyl (C=S) groups is 1. The summed E-state index contributed by atoms with van der Waals surface area (Å²) in [4.78, 5) is 9.69. The summed E-state index contributed by atoms with van der Waals surface area (Å²) in [6, 6.07) is 8.21. The molecule has 1 aliphatic heterocycles. The molecule has 1 saturated heterocycles. The number of rotatable bonds is 3. The third-order valence-electron chi connectivity index (χ3n) is 4.41. The predicted octanol–water partition coefficient (Wildman–Crippen LogP) is 2.34. The van der Waals surface area contributed by atoms with Crippen molar-refractivity contribution in [2.24, 2.45) is 5.73 Å². The van der Waals surface area contributed by atoms with Gasteiger partial charge in [-0.1, -0.05) is 6.92 Å². The van der Waals surface area contributed by atoms with E-state index in [0.717, 1.165) is 55.1 Å². The lowest BCUT2D eigenvalue weighted by molar-refractivity contribution is 0.270. The smallest absolute Gasteiger partial charge is 0.168 e. The molecule has 6 heteroatoms. The first-order valence-corrected chi connectivity index (χ1v) is 8.43. The van der Waals surface area contributed by atoms with Gasteiger partial charge < -0.3 is 20.9 Å². The number of piperazine rings is 1. The van der Waals surface area contributed by atoms with Gasteiger partial charge in [0.05, 0.1) is 5.52 Å². The summed E-state index contributed by atoms with van der Waals surface area (Å²) in [6.07, 6.45) is 0. The molecule has 1 fully saturated rings. The lowest BCUT2D eigenvalue weighted by Gasteiger charge is -2.35. The van der Waals surface area contributed by atoms with Crippen LogP contribution < -0.4 is 16.0 Å². The molecule has 0 atom stereocenters. The van der Waals surface area contributed by atoms with Gasteiger partial charge in [0.1, 0.15) is 5.82 Å². The van der Waals surface area contributed by atoms with E-state index >= 15 is 0 Å². The van der Waals surface area contributed by atoms with Crippen LogP contribution in [0.2, 0.25) is 0 Å². The number of fused-ring (bicyclic) bond motifs is 1. The van der Waals surface area contributed by atoms with Crippen molar-refractivity contribution in [3.8, 4) is 0 Å². The minimum absolute atomic E-state index is 0.278. The van der Waals surface area contributed by atoms with E-state index in [4.69, 9.17) is 22.9 Å². The second kappa shape index (κ2) is 6.68. The Labute approximate surface area is 142 Å². The molecule has 0 aliphatic carbocycles. The van der Waals surface area contributed by atoms with Gasteiger partial charge in [-0.15, -0.1) is 0 Å². The summed E-state index contributed by atoms with van der Waals surface area (Å²) in [5, 5.41) is 4.38. The number of aryl methyl sites for hydroxylation is 1. The minimum atomic E-state index is 0.278. The quantitative estimate of drug-likeness (QED) is 0.843. The van der Waals surface area contributed by atoms with Gasteiger partial charge in [-0.3, -0.25) is 0 Å². The van der Waals surface area contributed by atoms with Crippen LogP contribution in [-0.4, -0.2) is 47.7 Å². The number of aromatic nitrogens is 1. The lowest BCUT2D eigenvalue weighted by Crippen LogP contribution is -2.46. The normalized spacial score (nSPS) is 15.8. The van der Waals surface area contributed by atoms with Crippen molar-refractivity contribution in [3.05, 3.63) is 29.8 Å². The molecule has 5 nitrogen and oxygen atoms in total. The van der Waals surface area contributed by atoms with Crippen molar-refractivity contribution < 1.29 is 0 Å². The van der Waals surface area contributed by atoms with Crippen LogP contribution in [-0.2, 0) is 0 Å². The molecule has 3 N–H and O–H groups in total. The summed E-state index contributed by atoms with van der Waals surface area (Å²) in [6.45, 7) is 9.74. The highest BCUT2D eigenvalue weighted by molar-refractivity contribution is 7.80. The fraction of sp³-hybridized carbons (Fsp3) is 0.412. The summed E-state index contributed by atoms with van der Waals surface area (Å²) in [5.41, 5.74) is 8.67. The van der Waals surface area contributed by atoms with Crippen LogP contribution in [0.3, 0.4) is 0 Å². The van der Waals surface area contributed by atoms with Crippen LogP contribution in [0.4, 0.5) is 11.5 Å². The molecule has 0 amide bonds. The van der Waals surface area contributed by atoms with Crippen molar-refractivity contribution in [2.45, 2.75) is 13.8 Å². The first kappa shape index (κ1) is 16.0. The van der Waals surface area contributed by atoms with Crippen LogP contribution in [0.15, 0.2) is 24.3 Å². The molecule has 122 valence electrons. The zero-order valence-electron chi connectivity index (χ0n) is 13.7. The molecule has 0 radical (unpaired) electrons. The van der Waals surface area contributed by atoms with E-state index in [1.54, 1.807) is 0 Å². The Morgan fingerprint density at radius 3 is 2.65 bits per heavy atom. The van der Waals surface area contributed by atoms with Crippen molar-refractivity contribution in [1.82, 2.24) is 9.88 Å². The summed E-state index contributed by atoms with van der Waals surface area (Å²) >= 11 is 4.90. The Morgan fingerprint density at radius 2 is 2.00 bits per heavy atom. The number of anilines is 2. The van der Waals surface area contributed by atoms with E-state index < -0.39 is 0 Å². The minimum Gasteiger partial charge on any atom is -0.376 e. The van der Waals surface area contributed by atoms with E-state index in [1.165, 1.54) is 5.56 Å². The lowest BCUT2D eigenvalue weighted by atomic mass is 10.1. The van der Waals surface area contributed by atoms with E-state index in [9.17, 15) is 0 Å². The standard InChI is InChI=1S/C17H23N5S/c1-3-21-6-8-22(9-7-21)16-10-12(2)14-11-13(19-17(18)23)4-5-15(14)20-16/h4-5,10-11H,3,6-9H2,1-2H3,(H3,18,19,23). The fourth-order valence-electron chi connectivity index (χ4n) is 3.05. The second-order valence-electron chi connectivity index (χ2n) is 5.94. The number of nitrogens with two attached hydrogens (primary N) is 1.